The molecule has 0 aliphatic heterocycles. The van der Waals surface area contributed by atoms with Crippen LogP contribution in [0.3, 0.4) is 0 Å². The van der Waals surface area contributed by atoms with Crippen molar-refractivity contribution in [2.45, 2.75) is 52.0 Å². The number of carbonyl (C=O) groups is 2. The lowest BCUT2D eigenvalue weighted by molar-refractivity contribution is -0.107. The van der Waals surface area contributed by atoms with Crippen molar-refractivity contribution in [2.24, 2.45) is 5.92 Å². The first-order chi connectivity index (χ1) is 14.5. The molecule has 1 amide bonds. The summed E-state index contributed by atoms with van der Waals surface area (Å²) in [7, 11) is 1.35. The molecule has 4 nitrogen and oxygen atoms in total. The molecular weight excluding hydrogens is 414 g/mol. The molecule has 2 aromatic rings. The van der Waals surface area contributed by atoms with Crippen LogP contribution < -0.4 is 4.90 Å². The fraction of sp³-hybridized carbons (Fsp3) is 0.500. The molecule has 1 aromatic heterocycles. The minimum atomic E-state index is -0.429. The predicted molar refractivity (Wildman–Crippen MR) is 130 cm³/mol. The summed E-state index contributed by atoms with van der Waals surface area (Å²) in [4.78, 5) is 26.3. The third-order valence-electron chi connectivity index (χ3n) is 5.30. The van der Waals surface area contributed by atoms with E-state index in [1.165, 1.54) is 50.6 Å². The molecule has 1 aromatic carbocycles. The Morgan fingerprint density at radius 2 is 1.93 bits per heavy atom. The minimum absolute atomic E-state index is 0.00632. The van der Waals surface area contributed by atoms with Gasteiger partial charge >= 0.3 is 5.97 Å². The molecule has 0 N–H and O–H groups in total. The minimum Gasteiger partial charge on any atom is -0.465 e. The molecule has 1 heterocycles. The Balaban J connectivity index is 0.000000386. The first-order valence-corrected chi connectivity index (χ1v) is 12.7. The van der Waals surface area contributed by atoms with Gasteiger partial charge in [0.15, 0.2) is 0 Å². The molecule has 0 bridgehead atoms. The fourth-order valence-electron chi connectivity index (χ4n) is 3.55. The van der Waals surface area contributed by atoms with Gasteiger partial charge in [-0.2, -0.15) is 11.8 Å². The molecule has 1 saturated carbocycles. The average Bonchev–Trinajstić information content (AvgIpc) is 3.20. The smallest absolute Gasteiger partial charge is 0.340 e. The first-order valence-electron chi connectivity index (χ1n) is 10.5. The van der Waals surface area contributed by atoms with Crippen LogP contribution in [-0.4, -0.2) is 37.5 Å². The summed E-state index contributed by atoms with van der Waals surface area (Å²) in [5, 5.41) is 0.632. The summed E-state index contributed by atoms with van der Waals surface area (Å²) in [6.45, 7) is 4.33. The topological polar surface area (TPSA) is 46.6 Å². The van der Waals surface area contributed by atoms with Crippen LogP contribution in [-0.2, 0) is 9.53 Å². The Hall–Kier alpha value is -1.79. The summed E-state index contributed by atoms with van der Waals surface area (Å²) < 4.78 is 4.88. The second kappa shape index (κ2) is 12.8. The quantitative estimate of drug-likeness (QED) is 0.359. The van der Waals surface area contributed by atoms with E-state index in [1.807, 2.05) is 43.5 Å². The zero-order chi connectivity index (χ0) is 21.9. The number of anilines is 1. The van der Waals surface area contributed by atoms with E-state index in [9.17, 15) is 9.59 Å². The number of thiophene rings is 1. The molecule has 1 aliphatic rings. The second-order valence-corrected chi connectivity index (χ2v) is 9.69. The molecule has 30 heavy (non-hydrogen) atoms. The fourth-order valence-corrected chi connectivity index (χ4v) is 5.42. The summed E-state index contributed by atoms with van der Waals surface area (Å²) in [5.74, 6) is 1.40. The van der Waals surface area contributed by atoms with Gasteiger partial charge in [-0.3, -0.25) is 4.79 Å². The maximum Gasteiger partial charge on any atom is 0.340 e. The van der Waals surface area contributed by atoms with Gasteiger partial charge in [0.25, 0.3) is 0 Å². The van der Waals surface area contributed by atoms with Crippen molar-refractivity contribution >= 4 is 40.5 Å². The van der Waals surface area contributed by atoms with Gasteiger partial charge in [-0.05, 0) is 30.7 Å². The van der Waals surface area contributed by atoms with E-state index in [0.717, 1.165) is 28.5 Å². The summed E-state index contributed by atoms with van der Waals surface area (Å²) >= 11 is 3.09. The van der Waals surface area contributed by atoms with Gasteiger partial charge in [0, 0.05) is 16.7 Å². The monoisotopic (exact) mass is 447 g/mol. The lowest BCUT2D eigenvalue weighted by Crippen LogP contribution is -2.33. The van der Waals surface area contributed by atoms with Crippen molar-refractivity contribution in [3.63, 3.8) is 0 Å². The van der Waals surface area contributed by atoms with Gasteiger partial charge in [0.1, 0.15) is 5.00 Å². The van der Waals surface area contributed by atoms with E-state index in [-0.39, 0.29) is 6.04 Å². The first kappa shape index (κ1) is 24.5. The highest BCUT2D eigenvalue weighted by atomic mass is 32.2. The molecule has 0 radical (unpaired) electrons. The number of nitrogens with zero attached hydrogens (tertiary/aromatic N) is 1. The Morgan fingerprint density at radius 1 is 1.27 bits per heavy atom. The van der Waals surface area contributed by atoms with Gasteiger partial charge in [-0.25, -0.2) is 4.79 Å². The van der Waals surface area contributed by atoms with E-state index < -0.39 is 5.97 Å². The summed E-state index contributed by atoms with van der Waals surface area (Å²) in [6.07, 6.45) is 10.2. The molecule has 6 heteroatoms. The number of hydrogen-bond acceptors (Lipinski definition) is 5. The van der Waals surface area contributed by atoms with E-state index in [0.29, 0.717) is 10.6 Å². The van der Waals surface area contributed by atoms with Gasteiger partial charge < -0.3 is 9.64 Å². The van der Waals surface area contributed by atoms with Gasteiger partial charge in [0.2, 0.25) is 6.41 Å². The van der Waals surface area contributed by atoms with E-state index in [1.54, 1.807) is 22.7 Å². The van der Waals surface area contributed by atoms with Crippen LogP contribution in [0.25, 0.3) is 10.4 Å². The Kier molecular flexibility index (Phi) is 10.4. The van der Waals surface area contributed by atoms with Crippen LogP contribution >= 0.6 is 23.1 Å². The number of ether oxygens (including phenoxy) is 1. The third kappa shape index (κ3) is 6.88. The molecule has 1 fully saturated rings. The SMILES string of the molecule is CC1CCCCC1.COC(=O)c1cc(-c2ccccc2)sc1N(C=O)C(C)CSC. The maximum atomic E-state index is 12.1. The molecule has 1 unspecified atom stereocenters. The van der Waals surface area contributed by atoms with Crippen LogP contribution in [0, 0.1) is 5.92 Å². The number of rotatable bonds is 7. The van der Waals surface area contributed by atoms with Crippen LogP contribution in [0.4, 0.5) is 5.00 Å². The highest BCUT2D eigenvalue weighted by Gasteiger charge is 2.24. The number of esters is 1. The number of thioether (sulfide) groups is 1. The lowest BCUT2D eigenvalue weighted by Gasteiger charge is -2.23. The Morgan fingerprint density at radius 3 is 2.43 bits per heavy atom. The van der Waals surface area contributed by atoms with Crippen molar-refractivity contribution < 1.29 is 14.3 Å². The van der Waals surface area contributed by atoms with Gasteiger partial charge in [0.05, 0.1) is 12.7 Å². The molecule has 0 saturated heterocycles. The molecular formula is C24H33NO3S2. The van der Waals surface area contributed by atoms with Crippen LogP contribution in [0.15, 0.2) is 36.4 Å². The number of amides is 1. The zero-order valence-electron chi connectivity index (χ0n) is 18.4. The molecule has 1 aliphatic carbocycles. The molecule has 0 spiro atoms. The van der Waals surface area contributed by atoms with Crippen molar-refractivity contribution in [3.05, 3.63) is 42.0 Å². The average molecular weight is 448 g/mol. The number of methoxy groups -OCH3 is 1. The van der Waals surface area contributed by atoms with Crippen LogP contribution in [0.2, 0.25) is 0 Å². The highest BCUT2D eigenvalue weighted by Crippen LogP contribution is 2.38. The summed E-state index contributed by atoms with van der Waals surface area (Å²) in [6, 6.07) is 11.6. The van der Waals surface area contributed by atoms with Gasteiger partial charge in [-0.15, -0.1) is 11.3 Å². The molecule has 1 atom stereocenters. The number of carbonyl (C=O) groups excluding carboxylic acids is 2. The Labute approximate surface area is 189 Å². The number of benzene rings is 1. The van der Waals surface area contributed by atoms with Crippen molar-refractivity contribution in [1.29, 1.82) is 0 Å². The van der Waals surface area contributed by atoms with Crippen molar-refractivity contribution in [3.8, 4) is 10.4 Å². The maximum absolute atomic E-state index is 12.1. The molecule has 3 rings (SSSR count). The zero-order valence-corrected chi connectivity index (χ0v) is 20.1. The van der Waals surface area contributed by atoms with Crippen molar-refractivity contribution in [1.82, 2.24) is 0 Å². The molecule has 164 valence electrons. The van der Waals surface area contributed by atoms with E-state index in [2.05, 4.69) is 6.92 Å². The van der Waals surface area contributed by atoms with Gasteiger partial charge in [-0.1, -0.05) is 69.4 Å². The second-order valence-electron chi connectivity index (χ2n) is 7.75. The van der Waals surface area contributed by atoms with E-state index >= 15 is 0 Å². The van der Waals surface area contributed by atoms with E-state index in [4.69, 9.17) is 4.74 Å². The summed E-state index contributed by atoms with van der Waals surface area (Å²) in [5.41, 5.74) is 1.44. The predicted octanol–water partition coefficient (Wildman–Crippen LogP) is 6.50. The Bertz CT molecular complexity index is 785. The van der Waals surface area contributed by atoms with Crippen LogP contribution in [0.5, 0.6) is 0 Å². The van der Waals surface area contributed by atoms with Crippen molar-refractivity contribution in [2.75, 3.05) is 24.0 Å². The normalized spacial score (nSPS) is 14.9. The standard InChI is InChI=1S/C17H19NO3S2.C7H14/c1-12(10-22-3)18(11-19)16-14(17(20)21-2)9-15(23-16)13-7-5-4-6-8-13;1-7-5-3-2-4-6-7/h4-9,11-12H,10H2,1-3H3;7H,2-6H2,1H3. The third-order valence-corrected chi connectivity index (χ3v) is 7.31. The number of hydrogen-bond donors (Lipinski definition) is 0. The lowest BCUT2D eigenvalue weighted by atomic mass is 9.91. The largest absolute Gasteiger partial charge is 0.465 e. The van der Waals surface area contributed by atoms with Crippen LogP contribution in [0.1, 0.15) is 56.3 Å². The highest BCUT2D eigenvalue weighted by molar-refractivity contribution is 7.98.